The third-order valence-electron chi connectivity index (χ3n) is 5.43. The van der Waals surface area contributed by atoms with Crippen molar-refractivity contribution in [1.82, 2.24) is 4.90 Å². The van der Waals surface area contributed by atoms with Crippen molar-refractivity contribution >= 4 is 29.1 Å². The molecule has 2 bridgehead atoms. The maximum atomic E-state index is 13.9. The van der Waals surface area contributed by atoms with E-state index in [0.717, 1.165) is 49.4 Å². The van der Waals surface area contributed by atoms with E-state index in [1.165, 1.54) is 17.0 Å². The zero-order valence-electron chi connectivity index (χ0n) is 15.6. The predicted molar refractivity (Wildman–Crippen MR) is 105 cm³/mol. The summed E-state index contributed by atoms with van der Waals surface area (Å²) >= 11 is 1.03. The maximum Gasteiger partial charge on any atom is 0.414 e. The van der Waals surface area contributed by atoms with Crippen molar-refractivity contribution in [2.24, 2.45) is 5.92 Å². The van der Waals surface area contributed by atoms with E-state index in [1.54, 1.807) is 6.07 Å². The van der Waals surface area contributed by atoms with Gasteiger partial charge in [-0.05, 0) is 50.0 Å². The number of thiophene rings is 1. The number of carboxylic acids is 1. The number of carbonyl (C=O) groups excluding carboxylic acids is 1. The van der Waals surface area contributed by atoms with Gasteiger partial charge < -0.3 is 14.9 Å². The van der Waals surface area contributed by atoms with E-state index in [2.05, 4.69) is 4.90 Å². The molecule has 1 amide bonds. The molecule has 2 N–H and O–H groups in total. The number of carboxylic acid groups (broad SMARTS) is 1. The highest BCUT2D eigenvalue weighted by atomic mass is 32.1. The van der Waals surface area contributed by atoms with Crippen molar-refractivity contribution in [2.75, 3.05) is 24.5 Å². The van der Waals surface area contributed by atoms with Gasteiger partial charge in [-0.3, -0.25) is 9.80 Å². The second-order valence-corrected chi connectivity index (χ2v) is 8.55. The molecule has 7 nitrogen and oxygen atoms in total. The Labute approximate surface area is 170 Å². The largest absolute Gasteiger partial charge is 0.508 e. The van der Waals surface area contributed by atoms with Crippen LogP contribution < -0.4 is 4.90 Å². The van der Waals surface area contributed by atoms with E-state index in [-0.39, 0.29) is 29.0 Å². The first-order valence-corrected chi connectivity index (χ1v) is 10.2. The number of nitrogens with zero attached hydrogens (tertiary/aromatic N) is 2. The number of hydrogen-bond acceptors (Lipinski definition) is 6. The molecule has 5 rings (SSSR count). The lowest BCUT2D eigenvalue weighted by molar-refractivity contribution is -0.0311. The molecule has 9 heteroatoms. The van der Waals surface area contributed by atoms with Crippen LogP contribution in [0.5, 0.6) is 5.75 Å². The Morgan fingerprint density at radius 2 is 2.00 bits per heavy atom. The lowest BCUT2D eigenvalue weighted by atomic mass is 9.86. The quantitative estimate of drug-likeness (QED) is 0.769. The third-order valence-corrected chi connectivity index (χ3v) is 6.49. The monoisotopic (exact) mass is 420 g/mol. The summed E-state index contributed by atoms with van der Waals surface area (Å²) in [5.74, 6) is -1.73. The topological polar surface area (TPSA) is 90.3 Å². The van der Waals surface area contributed by atoms with Gasteiger partial charge >= 0.3 is 12.1 Å². The van der Waals surface area contributed by atoms with Crippen LogP contribution in [0.25, 0.3) is 0 Å². The van der Waals surface area contributed by atoms with E-state index in [1.807, 2.05) is 0 Å². The summed E-state index contributed by atoms with van der Waals surface area (Å²) in [6.07, 6.45) is 1.09. The standard InChI is InChI=1S/C20H21FN2O5S/c21-13-7-14(9-15(24)8-13)23(10-16-1-2-18(29-16)19(25)26)20(27)28-17-11-22-5-3-12(17)4-6-22/h1-2,7-9,12,17,24H,3-6,10-11H2,(H,25,26)/t17-/m0/s1. The van der Waals surface area contributed by atoms with Crippen LogP contribution in [0, 0.1) is 11.7 Å². The summed E-state index contributed by atoms with van der Waals surface area (Å²) in [6, 6.07) is 6.45. The number of piperidine rings is 3. The van der Waals surface area contributed by atoms with Crippen molar-refractivity contribution in [3.63, 3.8) is 0 Å². The summed E-state index contributed by atoms with van der Waals surface area (Å²) in [4.78, 5) is 28.4. The molecule has 0 aliphatic carbocycles. The molecule has 3 aliphatic rings. The number of anilines is 1. The molecule has 1 atom stereocenters. The molecule has 3 saturated heterocycles. The van der Waals surface area contributed by atoms with Crippen LogP contribution in [-0.2, 0) is 11.3 Å². The van der Waals surface area contributed by atoms with Gasteiger partial charge in [0.2, 0.25) is 0 Å². The molecule has 4 heterocycles. The second kappa shape index (κ2) is 8.00. The fourth-order valence-electron chi connectivity index (χ4n) is 3.95. The number of halogens is 1. The van der Waals surface area contributed by atoms with Crippen LogP contribution in [0.2, 0.25) is 0 Å². The Hall–Kier alpha value is -2.65. The molecule has 3 aliphatic heterocycles. The SMILES string of the molecule is O=C(O)c1ccc(CN(C(=O)O[C@H]2CN3CCC2CC3)c2cc(O)cc(F)c2)s1. The third kappa shape index (κ3) is 4.35. The number of carbonyl (C=O) groups is 2. The number of phenolic OH excluding ortho intramolecular Hbond substituents is 1. The van der Waals surface area contributed by atoms with E-state index in [0.29, 0.717) is 17.3 Å². The van der Waals surface area contributed by atoms with Gasteiger partial charge in [0.25, 0.3) is 0 Å². The van der Waals surface area contributed by atoms with Crippen LogP contribution in [-0.4, -0.2) is 52.9 Å². The molecule has 0 unspecified atom stereocenters. The highest BCUT2D eigenvalue weighted by Gasteiger charge is 2.37. The molecule has 154 valence electrons. The number of aromatic carboxylic acids is 1. The molecule has 1 aromatic carbocycles. The van der Waals surface area contributed by atoms with Crippen LogP contribution in [0.1, 0.15) is 27.4 Å². The number of aromatic hydroxyl groups is 1. The molecule has 2 aromatic rings. The Balaban J connectivity index is 1.58. The highest BCUT2D eigenvalue weighted by molar-refractivity contribution is 7.13. The Bertz CT molecular complexity index is 905. The summed E-state index contributed by atoms with van der Waals surface area (Å²) in [5.41, 5.74) is 0.152. The Morgan fingerprint density at radius 1 is 1.24 bits per heavy atom. The second-order valence-electron chi connectivity index (χ2n) is 7.39. The minimum atomic E-state index is -1.05. The van der Waals surface area contributed by atoms with E-state index in [9.17, 15) is 19.1 Å². The molecule has 3 fully saturated rings. The number of rotatable bonds is 5. The highest BCUT2D eigenvalue weighted by Crippen LogP contribution is 2.32. The van der Waals surface area contributed by atoms with Gasteiger partial charge in [-0.15, -0.1) is 11.3 Å². The van der Waals surface area contributed by atoms with Gasteiger partial charge in [-0.1, -0.05) is 0 Å². The van der Waals surface area contributed by atoms with E-state index < -0.39 is 17.9 Å². The summed E-state index contributed by atoms with van der Waals surface area (Å²) in [7, 11) is 0. The summed E-state index contributed by atoms with van der Waals surface area (Å²) in [6.45, 7) is 2.71. The van der Waals surface area contributed by atoms with Crippen molar-refractivity contribution < 1.29 is 28.9 Å². The van der Waals surface area contributed by atoms with Crippen molar-refractivity contribution in [2.45, 2.75) is 25.5 Å². The van der Waals surface area contributed by atoms with Gasteiger partial charge in [-0.25, -0.2) is 14.0 Å². The maximum absolute atomic E-state index is 13.9. The first-order chi connectivity index (χ1) is 13.9. The van der Waals surface area contributed by atoms with Gasteiger partial charge in [0.05, 0.1) is 12.2 Å². The molecule has 0 spiro atoms. The van der Waals surface area contributed by atoms with Gasteiger partial charge in [0.1, 0.15) is 22.5 Å². The lowest BCUT2D eigenvalue weighted by Crippen LogP contribution is -2.53. The lowest BCUT2D eigenvalue weighted by Gasteiger charge is -2.44. The normalized spacial score (nSPS) is 23.0. The van der Waals surface area contributed by atoms with E-state index >= 15 is 0 Å². The molecule has 1 aromatic heterocycles. The Morgan fingerprint density at radius 3 is 2.59 bits per heavy atom. The Kier molecular flexibility index (Phi) is 5.42. The van der Waals surface area contributed by atoms with Crippen molar-refractivity contribution in [3.8, 4) is 5.75 Å². The molecule has 29 heavy (non-hydrogen) atoms. The van der Waals surface area contributed by atoms with Crippen LogP contribution in [0.3, 0.4) is 0 Å². The van der Waals surface area contributed by atoms with Crippen LogP contribution in [0.15, 0.2) is 30.3 Å². The minimum Gasteiger partial charge on any atom is -0.508 e. The average Bonchev–Trinajstić information content (AvgIpc) is 3.15. The zero-order chi connectivity index (χ0) is 20.5. The van der Waals surface area contributed by atoms with Gasteiger partial charge in [0.15, 0.2) is 0 Å². The fraction of sp³-hybridized carbons (Fsp3) is 0.400. The molecular formula is C20H21FN2O5S. The number of hydrogen-bond donors (Lipinski definition) is 2. The number of fused-ring (bicyclic) bond motifs is 3. The number of amides is 1. The molecule has 0 radical (unpaired) electrons. The minimum absolute atomic E-state index is 0.0147. The zero-order valence-corrected chi connectivity index (χ0v) is 16.4. The first kappa shape index (κ1) is 19.7. The van der Waals surface area contributed by atoms with Crippen molar-refractivity contribution in [1.29, 1.82) is 0 Å². The molecular weight excluding hydrogens is 399 g/mol. The molecule has 0 saturated carbocycles. The smallest absolute Gasteiger partial charge is 0.414 e. The predicted octanol–water partition coefficient (Wildman–Crippen LogP) is 3.53. The van der Waals surface area contributed by atoms with E-state index in [4.69, 9.17) is 9.84 Å². The summed E-state index contributed by atoms with van der Waals surface area (Å²) in [5, 5.41) is 18.9. The summed E-state index contributed by atoms with van der Waals surface area (Å²) < 4.78 is 19.6. The number of ether oxygens (including phenoxy) is 1. The number of benzene rings is 1. The van der Waals surface area contributed by atoms with Crippen LogP contribution >= 0.6 is 11.3 Å². The van der Waals surface area contributed by atoms with Gasteiger partial charge in [-0.2, -0.15) is 0 Å². The number of phenols is 1. The van der Waals surface area contributed by atoms with Crippen molar-refractivity contribution in [3.05, 3.63) is 45.9 Å². The van der Waals surface area contributed by atoms with Gasteiger partial charge in [0, 0.05) is 23.6 Å². The van der Waals surface area contributed by atoms with Crippen LogP contribution in [0.4, 0.5) is 14.9 Å². The fourth-order valence-corrected chi connectivity index (χ4v) is 4.78. The average molecular weight is 420 g/mol. The first-order valence-electron chi connectivity index (χ1n) is 9.41.